The Bertz CT molecular complexity index is 616. The van der Waals surface area contributed by atoms with Gasteiger partial charge in [0, 0.05) is 25.3 Å². The number of benzene rings is 2. The quantitative estimate of drug-likeness (QED) is 0.810. The second-order valence-electron chi connectivity index (χ2n) is 5.98. The van der Waals surface area contributed by atoms with Gasteiger partial charge in [-0.2, -0.15) is 0 Å². The van der Waals surface area contributed by atoms with Gasteiger partial charge in [0.25, 0.3) is 0 Å². The lowest BCUT2D eigenvalue weighted by molar-refractivity contribution is -0.132. The summed E-state index contributed by atoms with van der Waals surface area (Å²) in [6.45, 7) is 4.88. The van der Waals surface area contributed by atoms with Gasteiger partial charge >= 0.3 is 0 Å². The molecule has 24 heavy (non-hydrogen) atoms. The summed E-state index contributed by atoms with van der Waals surface area (Å²) < 4.78 is 5.64. The van der Waals surface area contributed by atoms with Gasteiger partial charge in [0.05, 0.1) is 6.61 Å². The van der Waals surface area contributed by atoms with Crippen LogP contribution >= 0.6 is 0 Å². The molecular weight excluding hydrogens is 300 g/mol. The number of anilines is 1. The minimum absolute atomic E-state index is 0.0840. The number of amides is 1. The molecule has 0 bridgehead atoms. The fourth-order valence-electron chi connectivity index (χ4n) is 2.32. The number of ether oxygens (including phenoxy) is 1. The third-order valence-electron chi connectivity index (χ3n) is 4.11. The van der Waals surface area contributed by atoms with Gasteiger partial charge in [-0.1, -0.05) is 48.5 Å². The zero-order valence-electron chi connectivity index (χ0n) is 14.6. The molecule has 0 aliphatic heterocycles. The second kappa shape index (κ2) is 9.08. The maximum Gasteiger partial charge on any atom is 0.248 e. The predicted octanol–water partition coefficient (Wildman–Crippen LogP) is 3.23. The molecule has 1 amide bonds. The van der Waals surface area contributed by atoms with E-state index >= 15 is 0 Å². The molecule has 2 aromatic rings. The van der Waals surface area contributed by atoms with Crippen molar-refractivity contribution >= 4 is 11.6 Å². The Hall–Kier alpha value is -2.33. The van der Waals surface area contributed by atoms with Crippen LogP contribution in [0.1, 0.15) is 19.4 Å². The van der Waals surface area contributed by atoms with Gasteiger partial charge in [0.1, 0.15) is 6.10 Å². The SMILES string of the molecule is C[C@@H](OCc1ccccc1)C(=O)NC[C@H](C)N(C)c1ccccc1. The third-order valence-corrected chi connectivity index (χ3v) is 4.11. The second-order valence-corrected chi connectivity index (χ2v) is 5.98. The van der Waals surface area contributed by atoms with E-state index in [1.54, 1.807) is 6.92 Å². The van der Waals surface area contributed by atoms with Crippen LogP contribution in [0.2, 0.25) is 0 Å². The molecule has 0 aromatic heterocycles. The van der Waals surface area contributed by atoms with Crippen LogP contribution in [-0.2, 0) is 16.1 Å². The Labute approximate surface area is 144 Å². The van der Waals surface area contributed by atoms with Crippen molar-refractivity contribution in [3.8, 4) is 0 Å². The highest BCUT2D eigenvalue weighted by Gasteiger charge is 2.16. The van der Waals surface area contributed by atoms with E-state index in [1.807, 2.05) is 55.6 Å². The fourth-order valence-corrected chi connectivity index (χ4v) is 2.32. The van der Waals surface area contributed by atoms with Gasteiger partial charge < -0.3 is 15.0 Å². The van der Waals surface area contributed by atoms with E-state index in [2.05, 4.69) is 29.3 Å². The van der Waals surface area contributed by atoms with Crippen LogP contribution in [0, 0.1) is 0 Å². The summed E-state index contributed by atoms with van der Waals surface area (Å²) in [6, 6.07) is 20.2. The van der Waals surface area contributed by atoms with E-state index in [0.29, 0.717) is 13.2 Å². The summed E-state index contributed by atoms with van der Waals surface area (Å²) in [5.74, 6) is -0.0840. The molecule has 0 spiro atoms. The van der Waals surface area contributed by atoms with Gasteiger partial charge in [0.15, 0.2) is 0 Å². The van der Waals surface area contributed by atoms with Crippen molar-refractivity contribution in [3.05, 3.63) is 66.2 Å². The molecule has 2 aromatic carbocycles. The van der Waals surface area contributed by atoms with Crippen molar-refractivity contribution in [3.63, 3.8) is 0 Å². The van der Waals surface area contributed by atoms with Crippen molar-refractivity contribution in [2.24, 2.45) is 0 Å². The molecule has 0 saturated heterocycles. The molecule has 0 aliphatic rings. The Kier molecular flexibility index (Phi) is 6.82. The molecule has 0 aliphatic carbocycles. The number of hydrogen-bond acceptors (Lipinski definition) is 3. The monoisotopic (exact) mass is 326 g/mol. The number of rotatable bonds is 8. The Balaban J connectivity index is 1.75. The van der Waals surface area contributed by atoms with Gasteiger partial charge in [-0.15, -0.1) is 0 Å². The van der Waals surface area contributed by atoms with E-state index < -0.39 is 6.10 Å². The highest BCUT2D eigenvalue weighted by Crippen LogP contribution is 2.13. The van der Waals surface area contributed by atoms with Crippen LogP contribution in [0.4, 0.5) is 5.69 Å². The first-order chi connectivity index (χ1) is 11.6. The Morgan fingerprint density at radius 1 is 1.04 bits per heavy atom. The molecule has 1 N–H and O–H groups in total. The van der Waals surface area contributed by atoms with Crippen molar-refractivity contribution in [2.45, 2.75) is 32.6 Å². The third kappa shape index (κ3) is 5.39. The first-order valence-corrected chi connectivity index (χ1v) is 8.29. The van der Waals surface area contributed by atoms with E-state index in [9.17, 15) is 4.79 Å². The summed E-state index contributed by atoms with van der Waals surface area (Å²) in [4.78, 5) is 14.3. The Morgan fingerprint density at radius 3 is 2.25 bits per heavy atom. The average Bonchev–Trinajstić information content (AvgIpc) is 2.64. The molecule has 0 fully saturated rings. The van der Waals surface area contributed by atoms with Crippen LogP contribution in [0.5, 0.6) is 0 Å². The highest BCUT2D eigenvalue weighted by atomic mass is 16.5. The van der Waals surface area contributed by atoms with Gasteiger partial charge in [-0.05, 0) is 31.5 Å². The molecule has 4 nitrogen and oxygen atoms in total. The van der Waals surface area contributed by atoms with Gasteiger partial charge in [0.2, 0.25) is 5.91 Å². The van der Waals surface area contributed by atoms with Crippen LogP contribution < -0.4 is 10.2 Å². The lowest BCUT2D eigenvalue weighted by Crippen LogP contribution is -2.43. The summed E-state index contributed by atoms with van der Waals surface area (Å²) in [5.41, 5.74) is 2.20. The summed E-state index contributed by atoms with van der Waals surface area (Å²) in [7, 11) is 2.03. The van der Waals surface area contributed by atoms with Crippen molar-refractivity contribution in [2.75, 3.05) is 18.5 Å². The largest absolute Gasteiger partial charge is 0.370 e. The van der Waals surface area contributed by atoms with Crippen LogP contribution in [0.15, 0.2) is 60.7 Å². The van der Waals surface area contributed by atoms with E-state index in [4.69, 9.17) is 4.74 Å². The van der Waals surface area contributed by atoms with Gasteiger partial charge in [-0.3, -0.25) is 4.79 Å². The Morgan fingerprint density at radius 2 is 1.62 bits per heavy atom. The molecule has 128 valence electrons. The number of likely N-dealkylation sites (N-methyl/N-ethyl adjacent to an activating group) is 1. The lowest BCUT2D eigenvalue weighted by Gasteiger charge is -2.27. The minimum Gasteiger partial charge on any atom is -0.370 e. The first-order valence-electron chi connectivity index (χ1n) is 8.29. The number of hydrogen-bond donors (Lipinski definition) is 1. The number of carbonyl (C=O) groups excluding carboxylic acids is 1. The molecular formula is C20H26N2O2. The van der Waals surface area contributed by atoms with Crippen LogP contribution in [0.3, 0.4) is 0 Å². The van der Waals surface area contributed by atoms with Crippen molar-refractivity contribution in [1.29, 1.82) is 0 Å². The topological polar surface area (TPSA) is 41.6 Å². The first kappa shape index (κ1) is 18.0. The zero-order valence-corrected chi connectivity index (χ0v) is 14.6. The van der Waals surface area contributed by atoms with E-state index in [-0.39, 0.29) is 11.9 Å². The highest BCUT2D eigenvalue weighted by molar-refractivity contribution is 5.80. The molecule has 0 unspecified atom stereocenters. The predicted molar refractivity (Wildman–Crippen MR) is 98.0 cm³/mol. The number of para-hydroxylation sites is 1. The van der Waals surface area contributed by atoms with Gasteiger partial charge in [-0.25, -0.2) is 0 Å². The summed E-state index contributed by atoms with van der Waals surface area (Å²) in [5, 5.41) is 2.96. The molecule has 0 saturated carbocycles. The normalized spacial score (nSPS) is 13.1. The van der Waals surface area contributed by atoms with E-state index in [1.165, 1.54) is 0 Å². The van der Waals surface area contributed by atoms with E-state index in [0.717, 1.165) is 11.3 Å². The molecule has 4 heteroatoms. The van der Waals surface area contributed by atoms with Crippen LogP contribution in [0.25, 0.3) is 0 Å². The summed E-state index contributed by atoms with van der Waals surface area (Å²) >= 11 is 0. The molecule has 0 radical (unpaired) electrons. The average molecular weight is 326 g/mol. The standard InChI is InChI=1S/C20H26N2O2/c1-16(22(3)19-12-8-5-9-13-19)14-21-20(23)17(2)24-15-18-10-6-4-7-11-18/h4-13,16-17H,14-15H2,1-3H3,(H,21,23)/t16-,17+/m0/s1. The minimum atomic E-state index is -0.473. The number of carbonyl (C=O) groups is 1. The zero-order chi connectivity index (χ0) is 17.4. The van der Waals surface area contributed by atoms with Crippen molar-refractivity contribution in [1.82, 2.24) is 5.32 Å². The lowest BCUT2D eigenvalue weighted by atomic mass is 10.2. The summed E-state index contributed by atoms with van der Waals surface area (Å²) in [6.07, 6.45) is -0.473. The number of nitrogens with one attached hydrogen (secondary N) is 1. The smallest absolute Gasteiger partial charge is 0.248 e. The van der Waals surface area contributed by atoms with Crippen LogP contribution in [-0.4, -0.2) is 31.6 Å². The molecule has 2 atom stereocenters. The fraction of sp³-hybridized carbons (Fsp3) is 0.350. The maximum absolute atomic E-state index is 12.2. The number of nitrogens with zero attached hydrogens (tertiary/aromatic N) is 1. The molecule has 0 heterocycles. The maximum atomic E-state index is 12.2. The molecule has 2 rings (SSSR count). The van der Waals surface area contributed by atoms with Crippen molar-refractivity contribution < 1.29 is 9.53 Å².